The minimum atomic E-state index is -4.01. The molecular weight excluding hydrogens is 387 g/mol. The van der Waals surface area contributed by atoms with Crippen molar-refractivity contribution in [2.24, 2.45) is 5.14 Å². The van der Waals surface area contributed by atoms with Gasteiger partial charge in [-0.15, -0.1) is 0 Å². The van der Waals surface area contributed by atoms with E-state index < -0.39 is 34.3 Å². The predicted octanol–water partition coefficient (Wildman–Crippen LogP) is 1.91. The summed E-state index contributed by atoms with van der Waals surface area (Å²) < 4.78 is 41.6. The molecule has 2 aromatic rings. The number of hydrogen-bond acceptors (Lipinski definition) is 5. The van der Waals surface area contributed by atoms with Gasteiger partial charge in [0.1, 0.15) is 5.82 Å². The lowest BCUT2D eigenvalue weighted by Crippen LogP contribution is -2.31. The molecule has 9 heteroatoms. The fraction of sp³-hybridized carbons (Fsp3) is 0.263. The second-order valence-electron chi connectivity index (χ2n) is 6.42. The van der Waals surface area contributed by atoms with E-state index in [9.17, 15) is 22.4 Å². The molecule has 0 fully saturated rings. The van der Waals surface area contributed by atoms with Gasteiger partial charge >= 0.3 is 5.97 Å². The minimum Gasteiger partial charge on any atom is -0.452 e. The monoisotopic (exact) mass is 408 g/mol. The van der Waals surface area contributed by atoms with Gasteiger partial charge < -0.3 is 9.64 Å². The van der Waals surface area contributed by atoms with Crippen LogP contribution in [-0.4, -0.2) is 38.8 Å². The molecule has 0 heterocycles. The highest BCUT2D eigenvalue weighted by molar-refractivity contribution is 7.89. The van der Waals surface area contributed by atoms with Crippen molar-refractivity contribution in [3.8, 4) is 0 Å². The van der Waals surface area contributed by atoms with Crippen LogP contribution in [0.5, 0.6) is 0 Å². The Balaban J connectivity index is 2.05. The van der Waals surface area contributed by atoms with Gasteiger partial charge in [0.15, 0.2) is 6.61 Å². The molecule has 0 bridgehead atoms. The summed E-state index contributed by atoms with van der Waals surface area (Å²) >= 11 is 0. The molecule has 0 aromatic heterocycles. The van der Waals surface area contributed by atoms with Crippen LogP contribution in [0.1, 0.15) is 27.0 Å². The summed E-state index contributed by atoms with van der Waals surface area (Å²) in [6.45, 7) is 2.82. The van der Waals surface area contributed by atoms with E-state index in [0.29, 0.717) is 16.7 Å². The zero-order valence-corrected chi connectivity index (χ0v) is 16.5. The molecule has 0 radical (unpaired) electrons. The summed E-state index contributed by atoms with van der Waals surface area (Å²) in [5.74, 6) is -1.75. The number of hydrogen-bond donors (Lipinski definition) is 1. The van der Waals surface area contributed by atoms with Gasteiger partial charge in [-0.05, 0) is 54.8 Å². The van der Waals surface area contributed by atoms with Gasteiger partial charge in [0.2, 0.25) is 10.0 Å². The van der Waals surface area contributed by atoms with Crippen molar-refractivity contribution in [1.82, 2.24) is 4.90 Å². The standard InChI is InChI=1S/C19H21FN2O5S/c1-12-7-15(9-17(13(12)2)28(21,25)26)19(24)27-11-18(23)22(3)10-14-5-4-6-16(20)8-14/h4-9H,10-11H2,1-3H3,(H2,21,25,26). The molecule has 2 rings (SSSR count). The molecule has 0 unspecified atom stereocenters. The lowest BCUT2D eigenvalue weighted by molar-refractivity contribution is -0.133. The molecule has 0 spiro atoms. The number of amides is 1. The first-order valence-electron chi connectivity index (χ1n) is 8.28. The number of esters is 1. The summed E-state index contributed by atoms with van der Waals surface area (Å²) in [4.78, 5) is 25.5. The van der Waals surface area contributed by atoms with Crippen LogP contribution in [0.25, 0.3) is 0 Å². The van der Waals surface area contributed by atoms with Crippen LogP contribution in [0.3, 0.4) is 0 Å². The molecule has 2 aromatic carbocycles. The van der Waals surface area contributed by atoms with Crippen LogP contribution in [0.2, 0.25) is 0 Å². The number of aryl methyl sites for hydroxylation is 1. The van der Waals surface area contributed by atoms with Crippen LogP contribution < -0.4 is 5.14 Å². The third kappa shape index (κ3) is 5.37. The Labute approximate surface area is 163 Å². The number of halogens is 1. The fourth-order valence-corrected chi connectivity index (χ4v) is 3.44. The van der Waals surface area contributed by atoms with Gasteiger partial charge in [0.25, 0.3) is 5.91 Å². The average molecular weight is 408 g/mol. The Bertz CT molecular complexity index is 1020. The maximum Gasteiger partial charge on any atom is 0.338 e. The highest BCUT2D eigenvalue weighted by atomic mass is 32.2. The summed E-state index contributed by atoms with van der Waals surface area (Å²) in [5, 5.41) is 5.17. The number of primary sulfonamides is 1. The SMILES string of the molecule is Cc1cc(C(=O)OCC(=O)N(C)Cc2cccc(F)c2)cc(S(N)(=O)=O)c1C. The number of carbonyl (C=O) groups excluding carboxylic acids is 2. The Morgan fingerprint density at radius 1 is 1.18 bits per heavy atom. The Morgan fingerprint density at radius 2 is 1.86 bits per heavy atom. The first-order valence-corrected chi connectivity index (χ1v) is 9.83. The number of carbonyl (C=O) groups is 2. The average Bonchev–Trinajstić information content (AvgIpc) is 2.60. The van der Waals surface area contributed by atoms with Crippen LogP contribution in [-0.2, 0) is 26.1 Å². The molecule has 0 aliphatic rings. The summed E-state index contributed by atoms with van der Waals surface area (Å²) in [6.07, 6.45) is 0. The Hall–Kier alpha value is -2.78. The van der Waals surface area contributed by atoms with Gasteiger partial charge in [0, 0.05) is 13.6 Å². The maximum absolute atomic E-state index is 13.2. The van der Waals surface area contributed by atoms with Gasteiger partial charge in [-0.3, -0.25) is 4.79 Å². The molecule has 28 heavy (non-hydrogen) atoms. The normalized spacial score (nSPS) is 11.2. The zero-order chi connectivity index (χ0) is 21.1. The molecule has 1 amide bonds. The molecule has 2 N–H and O–H groups in total. The number of likely N-dealkylation sites (N-methyl/N-ethyl adjacent to an activating group) is 1. The lowest BCUT2D eigenvalue weighted by atomic mass is 10.1. The number of ether oxygens (including phenoxy) is 1. The maximum atomic E-state index is 13.2. The summed E-state index contributed by atoms with van der Waals surface area (Å²) in [6, 6.07) is 8.40. The topological polar surface area (TPSA) is 107 Å². The van der Waals surface area contributed by atoms with Crippen molar-refractivity contribution in [3.05, 3.63) is 64.5 Å². The lowest BCUT2D eigenvalue weighted by Gasteiger charge is -2.17. The number of nitrogens with two attached hydrogens (primary N) is 1. The molecular formula is C19H21FN2O5S. The largest absolute Gasteiger partial charge is 0.452 e. The second-order valence-corrected chi connectivity index (χ2v) is 7.95. The molecule has 7 nitrogen and oxygen atoms in total. The van der Waals surface area contributed by atoms with Gasteiger partial charge in [-0.2, -0.15) is 0 Å². The number of sulfonamides is 1. The molecule has 0 atom stereocenters. The minimum absolute atomic E-state index is 0.0206. The van der Waals surface area contributed by atoms with Crippen LogP contribution in [0, 0.1) is 19.7 Å². The number of rotatable bonds is 6. The highest BCUT2D eigenvalue weighted by Gasteiger charge is 2.19. The Morgan fingerprint density at radius 3 is 2.46 bits per heavy atom. The van der Waals surface area contributed by atoms with E-state index in [1.165, 1.54) is 36.2 Å². The van der Waals surface area contributed by atoms with E-state index in [-0.39, 0.29) is 17.0 Å². The van der Waals surface area contributed by atoms with E-state index in [2.05, 4.69) is 0 Å². The quantitative estimate of drug-likeness (QED) is 0.735. The van der Waals surface area contributed by atoms with Crippen molar-refractivity contribution in [3.63, 3.8) is 0 Å². The molecule has 0 saturated heterocycles. The van der Waals surface area contributed by atoms with E-state index in [1.54, 1.807) is 19.9 Å². The summed E-state index contributed by atoms with van der Waals surface area (Å²) in [5.41, 5.74) is 1.56. The first-order chi connectivity index (χ1) is 13.0. The first kappa shape index (κ1) is 21.5. The zero-order valence-electron chi connectivity index (χ0n) is 15.7. The third-order valence-corrected chi connectivity index (χ3v) is 5.26. The smallest absolute Gasteiger partial charge is 0.338 e. The van der Waals surface area contributed by atoms with Gasteiger partial charge in [0.05, 0.1) is 10.5 Å². The van der Waals surface area contributed by atoms with Crippen LogP contribution in [0.4, 0.5) is 4.39 Å². The van der Waals surface area contributed by atoms with E-state index >= 15 is 0 Å². The molecule has 0 aliphatic heterocycles. The molecule has 0 aliphatic carbocycles. The predicted molar refractivity (Wildman–Crippen MR) is 100 cm³/mol. The van der Waals surface area contributed by atoms with Crippen LogP contribution in [0.15, 0.2) is 41.3 Å². The summed E-state index contributed by atoms with van der Waals surface area (Å²) in [7, 11) is -2.51. The number of benzene rings is 2. The molecule has 0 saturated carbocycles. The number of nitrogens with zero attached hydrogens (tertiary/aromatic N) is 1. The Kier molecular flexibility index (Phi) is 6.52. The molecule has 150 valence electrons. The van der Waals surface area contributed by atoms with Crippen molar-refractivity contribution in [1.29, 1.82) is 0 Å². The van der Waals surface area contributed by atoms with Crippen LogP contribution >= 0.6 is 0 Å². The van der Waals surface area contributed by atoms with E-state index in [0.717, 1.165) is 6.07 Å². The third-order valence-electron chi connectivity index (χ3n) is 4.22. The van der Waals surface area contributed by atoms with Gasteiger partial charge in [-0.1, -0.05) is 12.1 Å². The van der Waals surface area contributed by atoms with Crippen molar-refractivity contribution >= 4 is 21.9 Å². The van der Waals surface area contributed by atoms with Crippen molar-refractivity contribution in [2.45, 2.75) is 25.3 Å². The van der Waals surface area contributed by atoms with E-state index in [4.69, 9.17) is 9.88 Å². The fourth-order valence-electron chi connectivity index (χ4n) is 2.56. The van der Waals surface area contributed by atoms with Crippen molar-refractivity contribution in [2.75, 3.05) is 13.7 Å². The second kappa shape index (κ2) is 8.49. The van der Waals surface area contributed by atoms with E-state index in [1.807, 2.05) is 0 Å². The van der Waals surface area contributed by atoms with Gasteiger partial charge in [-0.25, -0.2) is 22.7 Å². The highest BCUT2D eigenvalue weighted by Crippen LogP contribution is 2.20. The van der Waals surface area contributed by atoms with Crippen molar-refractivity contribution < 1.29 is 27.1 Å².